The smallest absolute Gasteiger partial charge is 0.160 e. The number of hydrogen-bond acceptors (Lipinski definition) is 3. The summed E-state index contributed by atoms with van der Waals surface area (Å²) in [5, 5.41) is 12.4. The van der Waals surface area contributed by atoms with Crippen molar-refractivity contribution in [2.45, 2.75) is 0 Å². The third-order valence-corrected chi connectivity index (χ3v) is 1.68. The fourth-order valence-electron chi connectivity index (χ4n) is 1.00. The van der Waals surface area contributed by atoms with Crippen molar-refractivity contribution in [3.05, 3.63) is 23.8 Å². The zero-order chi connectivity index (χ0) is 10.4. The average Bonchev–Trinajstić information content (AvgIpc) is 2.18. The molecule has 14 heavy (non-hydrogen) atoms. The van der Waals surface area contributed by atoms with Gasteiger partial charge in [-0.15, -0.1) is 0 Å². The molecular formula is C11H13NO2. The van der Waals surface area contributed by atoms with Gasteiger partial charge in [-0.3, -0.25) is 0 Å². The van der Waals surface area contributed by atoms with Gasteiger partial charge in [0.25, 0.3) is 0 Å². The number of nitrogens with one attached hydrogen (secondary N) is 1. The second-order valence-electron chi connectivity index (χ2n) is 2.72. The van der Waals surface area contributed by atoms with Gasteiger partial charge in [-0.1, -0.05) is 11.8 Å². The lowest BCUT2D eigenvalue weighted by molar-refractivity contribution is 0.373. The molecule has 3 nitrogen and oxygen atoms in total. The highest BCUT2D eigenvalue weighted by molar-refractivity contribution is 5.47. The number of phenolic OH excluding ortho intramolecular Hbond substituents is 1. The first kappa shape index (κ1) is 10.4. The van der Waals surface area contributed by atoms with Crippen LogP contribution in [0.25, 0.3) is 0 Å². The lowest BCUT2D eigenvalue weighted by Crippen LogP contribution is -2.04. The number of rotatable bonds is 2. The molecule has 0 atom stereocenters. The molecule has 0 aliphatic carbocycles. The van der Waals surface area contributed by atoms with Gasteiger partial charge in [-0.25, -0.2) is 0 Å². The van der Waals surface area contributed by atoms with Gasteiger partial charge >= 0.3 is 0 Å². The molecule has 0 unspecified atom stereocenters. The average molecular weight is 191 g/mol. The largest absolute Gasteiger partial charge is 0.504 e. The minimum Gasteiger partial charge on any atom is -0.504 e. The standard InChI is InChI=1S/C11H13NO2/c1-12-7-3-4-9-5-6-11(14-2)10(13)8-9/h5-6,8,12-13H,7H2,1-2H3. The summed E-state index contributed by atoms with van der Waals surface area (Å²) in [4.78, 5) is 0. The van der Waals surface area contributed by atoms with E-state index in [1.165, 1.54) is 7.11 Å². The van der Waals surface area contributed by atoms with E-state index in [0.29, 0.717) is 12.3 Å². The lowest BCUT2D eigenvalue weighted by atomic mass is 10.2. The van der Waals surface area contributed by atoms with Crippen molar-refractivity contribution < 1.29 is 9.84 Å². The molecule has 0 aromatic heterocycles. The normalized spacial score (nSPS) is 9.00. The van der Waals surface area contributed by atoms with Gasteiger partial charge in [0, 0.05) is 5.56 Å². The Hall–Kier alpha value is -1.66. The Bertz CT molecular complexity index is 363. The number of methoxy groups -OCH3 is 1. The Morgan fingerprint density at radius 2 is 2.29 bits per heavy atom. The van der Waals surface area contributed by atoms with Crippen LogP contribution >= 0.6 is 0 Å². The number of aromatic hydroxyl groups is 1. The van der Waals surface area contributed by atoms with Gasteiger partial charge in [0.2, 0.25) is 0 Å². The van der Waals surface area contributed by atoms with Crippen LogP contribution in [0.15, 0.2) is 18.2 Å². The van der Waals surface area contributed by atoms with Crippen molar-refractivity contribution >= 4 is 0 Å². The zero-order valence-corrected chi connectivity index (χ0v) is 8.29. The van der Waals surface area contributed by atoms with Crippen LogP contribution in [-0.2, 0) is 0 Å². The van der Waals surface area contributed by atoms with Gasteiger partial charge in [0.15, 0.2) is 11.5 Å². The lowest BCUT2D eigenvalue weighted by Gasteiger charge is -2.01. The van der Waals surface area contributed by atoms with E-state index in [1.807, 2.05) is 7.05 Å². The van der Waals surface area contributed by atoms with Crippen molar-refractivity contribution in [2.75, 3.05) is 20.7 Å². The summed E-state index contributed by atoms with van der Waals surface area (Å²) in [6.07, 6.45) is 0. The van der Waals surface area contributed by atoms with Gasteiger partial charge in [0.05, 0.1) is 13.7 Å². The van der Waals surface area contributed by atoms with Gasteiger partial charge < -0.3 is 15.2 Å². The maximum absolute atomic E-state index is 9.44. The summed E-state index contributed by atoms with van der Waals surface area (Å²) < 4.78 is 4.92. The molecule has 0 aliphatic heterocycles. The Morgan fingerprint density at radius 1 is 1.50 bits per heavy atom. The summed E-state index contributed by atoms with van der Waals surface area (Å²) in [5.41, 5.74) is 0.776. The highest BCUT2D eigenvalue weighted by atomic mass is 16.5. The van der Waals surface area contributed by atoms with Crippen LogP contribution in [0.3, 0.4) is 0 Å². The second-order valence-corrected chi connectivity index (χ2v) is 2.72. The minimum absolute atomic E-state index is 0.115. The van der Waals surface area contributed by atoms with E-state index in [1.54, 1.807) is 18.2 Å². The first-order chi connectivity index (χ1) is 6.77. The topological polar surface area (TPSA) is 41.5 Å². The molecule has 0 heterocycles. The molecule has 0 bridgehead atoms. The summed E-state index contributed by atoms with van der Waals surface area (Å²) in [6, 6.07) is 5.08. The highest BCUT2D eigenvalue weighted by Crippen LogP contribution is 2.25. The first-order valence-electron chi connectivity index (χ1n) is 4.28. The van der Waals surface area contributed by atoms with E-state index < -0.39 is 0 Å². The van der Waals surface area contributed by atoms with Crippen LogP contribution in [0.1, 0.15) is 5.56 Å². The monoisotopic (exact) mass is 191 g/mol. The fraction of sp³-hybridized carbons (Fsp3) is 0.273. The number of hydrogen-bond donors (Lipinski definition) is 2. The summed E-state index contributed by atoms with van der Waals surface area (Å²) in [5.74, 6) is 6.39. The zero-order valence-electron chi connectivity index (χ0n) is 8.29. The van der Waals surface area contributed by atoms with Crippen LogP contribution in [0.4, 0.5) is 0 Å². The fourth-order valence-corrected chi connectivity index (χ4v) is 1.00. The molecule has 1 aromatic rings. The van der Waals surface area contributed by atoms with Crippen molar-refractivity contribution in [1.82, 2.24) is 5.32 Å². The van der Waals surface area contributed by atoms with Crippen molar-refractivity contribution in [1.29, 1.82) is 0 Å². The highest BCUT2D eigenvalue weighted by Gasteiger charge is 1.99. The summed E-state index contributed by atoms with van der Waals surface area (Å²) in [7, 11) is 3.35. The Kier molecular flexibility index (Phi) is 3.84. The number of phenols is 1. The van der Waals surface area contributed by atoms with Crippen LogP contribution in [0.5, 0.6) is 11.5 Å². The molecule has 1 rings (SSSR count). The molecule has 0 aliphatic rings. The van der Waals surface area contributed by atoms with Gasteiger partial charge in [-0.2, -0.15) is 0 Å². The predicted molar refractivity (Wildman–Crippen MR) is 55.5 cm³/mol. The molecule has 0 saturated carbocycles. The molecule has 0 radical (unpaired) electrons. The number of ether oxygens (including phenoxy) is 1. The van der Waals surface area contributed by atoms with E-state index in [4.69, 9.17) is 4.74 Å². The molecular weight excluding hydrogens is 178 g/mol. The first-order valence-corrected chi connectivity index (χ1v) is 4.28. The van der Waals surface area contributed by atoms with E-state index in [0.717, 1.165) is 5.56 Å². The van der Waals surface area contributed by atoms with E-state index in [2.05, 4.69) is 17.2 Å². The second kappa shape index (κ2) is 5.15. The SMILES string of the molecule is CNCC#Cc1ccc(OC)c(O)c1. The van der Waals surface area contributed by atoms with Gasteiger partial charge in [-0.05, 0) is 25.2 Å². The van der Waals surface area contributed by atoms with Crippen molar-refractivity contribution in [3.8, 4) is 23.3 Å². The van der Waals surface area contributed by atoms with Crippen molar-refractivity contribution in [3.63, 3.8) is 0 Å². The maximum Gasteiger partial charge on any atom is 0.160 e. The quantitative estimate of drug-likeness (QED) is 0.684. The third kappa shape index (κ3) is 2.68. The predicted octanol–water partition coefficient (Wildman–Crippen LogP) is 0.972. The molecule has 0 amide bonds. The molecule has 0 spiro atoms. The number of benzene rings is 1. The molecule has 74 valence electrons. The minimum atomic E-state index is 0.115. The third-order valence-electron chi connectivity index (χ3n) is 1.68. The molecule has 1 aromatic carbocycles. The Morgan fingerprint density at radius 3 is 2.86 bits per heavy atom. The van der Waals surface area contributed by atoms with E-state index >= 15 is 0 Å². The van der Waals surface area contributed by atoms with Crippen molar-refractivity contribution in [2.24, 2.45) is 0 Å². The molecule has 0 fully saturated rings. The summed E-state index contributed by atoms with van der Waals surface area (Å²) in [6.45, 7) is 0.632. The summed E-state index contributed by atoms with van der Waals surface area (Å²) >= 11 is 0. The Balaban J connectivity index is 2.82. The Labute approximate surface area is 83.7 Å². The van der Waals surface area contributed by atoms with Crippen LogP contribution in [-0.4, -0.2) is 25.8 Å². The van der Waals surface area contributed by atoms with E-state index in [9.17, 15) is 5.11 Å². The van der Waals surface area contributed by atoms with Crippen LogP contribution < -0.4 is 10.1 Å². The maximum atomic E-state index is 9.44. The molecule has 3 heteroatoms. The molecule has 2 N–H and O–H groups in total. The van der Waals surface area contributed by atoms with Crippen LogP contribution in [0.2, 0.25) is 0 Å². The van der Waals surface area contributed by atoms with E-state index in [-0.39, 0.29) is 5.75 Å². The van der Waals surface area contributed by atoms with Crippen LogP contribution in [0, 0.1) is 11.8 Å². The molecule has 0 saturated heterocycles. The van der Waals surface area contributed by atoms with Gasteiger partial charge in [0.1, 0.15) is 0 Å².